The minimum atomic E-state index is 0. The molecule has 0 saturated carbocycles. The molecule has 0 aliphatic heterocycles. The van der Waals surface area contributed by atoms with Crippen LogP contribution in [0.1, 0.15) is 69.8 Å². The number of fused-ring (bicyclic) bond motifs is 1. The van der Waals surface area contributed by atoms with Crippen LogP contribution in [0.4, 0.5) is 11.6 Å². The van der Waals surface area contributed by atoms with Crippen LogP contribution in [-0.2, 0) is 13.1 Å². The summed E-state index contributed by atoms with van der Waals surface area (Å²) in [5, 5.41) is 3.50. The van der Waals surface area contributed by atoms with Crippen molar-refractivity contribution in [3.63, 3.8) is 0 Å². The molecule has 3 aromatic carbocycles. The average molecular weight is 519 g/mol. The monoisotopic (exact) mass is 518 g/mol. The quantitative estimate of drug-likeness (QED) is 0.168. The Morgan fingerprint density at radius 2 is 1.16 bits per heavy atom. The Balaban J connectivity index is 0.00000380. The van der Waals surface area contributed by atoms with Crippen LogP contribution < -0.4 is 28.0 Å². The molecule has 4 nitrogen and oxygen atoms in total. The molecule has 0 fully saturated rings. The van der Waals surface area contributed by atoms with Crippen LogP contribution in [0.15, 0.2) is 84.9 Å². The lowest BCUT2D eigenvalue weighted by Gasteiger charge is -2.06. The minimum Gasteiger partial charge on any atom is -1.00 e. The summed E-state index contributed by atoms with van der Waals surface area (Å²) in [4.78, 5) is 0. The Bertz CT molecular complexity index is 1160. The Hall–Kier alpha value is -2.98. The molecule has 4 aromatic rings. The summed E-state index contributed by atoms with van der Waals surface area (Å²) < 4.78 is 4.56. The van der Waals surface area contributed by atoms with Crippen molar-refractivity contribution in [2.24, 2.45) is 0 Å². The number of benzene rings is 3. The summed E-state index contributed by atoms with van der Waals surface area (Å²) in [6.07, 6.45) is 13.2. The fourth-order valence-electron chi connectivity index (χ4n) is 5.08. The van der Waals surface area contributed by atoms with Crippen molar-refractivity contribution in [2.45, 2.75) is 77.3 Å². The van der Waals surface area contributed by atoms with Gasteiger partial charge >= 0.3 is 5.95 Å². The van der Waals surface area contributed by atoms with E-state index in [1.807, 2.05) is 0 Å². The third kappa shape index (κ3) is 8.82. The molecule has 0 saturated heterocycles. The van der Waals surface area contributed by atoms with Crippen LogP contribution in [0.2, 0.25) is 0 Å². The Kier molecular flexibility index (Phi) is 12.4. The summed E-state index contributed by atoms with van der Waals surface area (Å²) in [7, 11) is 0. The number of hydrogen-bond donors (Lipinski definition) is 2. The number of nitrogens with zero attached hydrogens (tertiary/aromatic N) is 2. The highest BCUT2D eigenvalue weighted by atomic mass is 35.5. The Morgan fingerprint density at radius 3 is 1.84 bits per heavy atom. The molecule has 0 spiro atoms. The first-order valence-electron chi connectivity index (χ1n) is 13.9. The maximum absolute atomic E-state index is 6.65. The second-order valence-corrected chi connectivity index (χ2v) is 9.90. The van der Waals surface area contributed by atoms with Gasteiger partial charge in [-0.3, -0.25) is 5.73 Å². The normalized spacial score (nSPS) is 10.9. The summed E-state index contributed by atoms with van der Waals surface area (Å²) >= 11 is 0. The van der Waals surface area contributed by atoms with Crippen LogP contribution in [0, 0.1) is 0 Å². The first-order valence-corrected chi connectivity index (χ1v) is 13.9. The van der Waals surface area contributed by atoms with Gasteiger partial charge in [0.1, 0.15) is 11.0 Å². The van der Waals surface area contributed by atoms with Gasteiger partial charge in [-0.1, -0.05) is 112 Å². The van der Waals surface area contributed by atoms with E-state index in [9.17, 15) is 0 Å². The van der Waals surface area contributed by atoms with Gasteiger partial charge in [-0.25, -0.2) is 9.13 Å². The molecule has 0 bridgehead atoms. The van der Waals surface area contributed by atoms with Crippen molar-refractivity contribution in [3.05, 3.63) is 90.5 Å². The van der Waals surface area contributed by atoms with Crippen LogP contribution in [0.25, 0.3) is 11.0 Å². The Labute approximate surface area is 229 Å². The highest BCUT2D eigenvalue weighted by Gasteiger charge is 2.20. The lowest BCUT2D eigenvalue weighted by molar-refractivity contribution is -0.648. The largest absolute Gasteiger partial charge is 1.00 e. The molecule has 0 aliphatic rings. The smallest absolute Gasteiger partial charge is 0.356 e. The van der Waals surface area contributed by atoms with Gasteiger partial charge in [0.05, 0.1) is 13.1 Å². The summed E-state index contributed by atoms with van der Waals surface area (Å²) in [5.74, 6) is 0.860. The fraction of sp³-hybridized carbons (Fsp3) is 0.406. The van der Waals surface area contributed by atoms with E-state index in [2.05, 4.69) is 99.4 Å². The van der Waals surface area contributed by atoms with Gasteiger partial charge in [0, 0.05) is 12.2 Å². The topological polar surface area (TPSA) is 46.9 Å². The highest BCUT2D eigenvalue weighted by Crippen LogP contribution is 2.19. The zero-order chi connectivity index (χ0) is 24.8. The Morgan fingerprint density at radius 1 is 0.622 bits per heavy atom. The molecular weight excluding hydrogens is 476 g/mol. The van der Waals surface area contributed by atoms with E-state index in [-0.39, 0.29) is 12.4 Å². The molecule has 1 heterocycles. The molecule has 0 amide bonds. The number of rotatable bonds is 16. The van der Waals surface area contributed by atoms with Gasteiger partial charge in [-0.2, -0.15) is 0 Å². The van der Waals surface area contributed by atoms with Gasteiger partial charge in [0.25, 0.3) is 0 Å². The molecule has 0 radical (unpaired) electrons. The van der Waals surface area contributed by atoms with Crippen molar-refractivity contribution in [2.75, 3.05) is 17.6 Å². The number of para-hydroxylation sites is 3. The highest BCUT2D eigenvalue weighted by molar-refractivity contribution is 5.73. The zero-order valence-electron chi connectivity index (χ0n) is 22.1. The van der Waals surface area contributed by atoms with Gasteiger partial charge in [-0.05, 0) is 42.7 Å². The first-order chi connectivity index (χ1) is 17.8. The molecule has 37 heavy (non-hydrogen) atoms. The number of halogens is 1. The van der Waals surface area contributed by atoms with Crippen molar-refractivity contribution >= 4 is 22.7 Å². The first kappa shape index (κ1) is 28.6. The number of nitrogens with two attached hydrogens (primary N) is 1. The predicted molar refractivity (Wildman–Crippen MR) is 153 cm³/mol. The third-order valence-corrected chi connectivity index (χ3v) is 7.11. The number of nitrogen functional groups attached to an aromatic ring is 1. The summed E-state index contributed by atoms with van der Waals surface area (Å²) in [6, 6.07) is 29.7. The van der Waals surface area contributed by atoms with Crippen molar-refractivity contribution in [1.29, 1.82) is 0 Å². The van der Waals surface area contributed by atoms with Crippen LogP contribution in [0.5, 0.6) is 0 Å². The lowest BCUT2D eigenvalue weighted by Crippen LogP contribution is -3.00. The zero-order valence-corrected chi connectivity index (χ0v) is 22.9. The van der Waals surface area contributed by atoms with E-state index < -0.39 is 0 Å². The SMILES string of the molecule is Nc1n(CCCCCCCCCCCCNc2ccccc2)c2ccccc2[n+]1Cc1ccccc1.[Cl-]. The number of aromatic nitrogens is 2. The number of aryl methyl sites for hydroxylation is 1. The van der Waals surface area contributed by atoms with Crippen molar-refractivity contribution in [3.8, 4) is 0 Å². The van der Waals surface area contributed by atoms with E-state index in [4.69, 9.17) is 5.73 Å². The maximum atomic E-state index is 6.65. The number of nitrogens with one attached hydrogen (secondary N) is 1. The number of anilines is 2. The number of imidazole rings is 1. The average Bonchev–Trinajstić information content (AvgIpc) is 3.18. The van der Waals surface area contributed by atoms with E-state index in [0.29, 0.717) is 0 Å². The molecule has 0 unspecified atom stereocenters. The second kappa shape index (κ2) is 16.0. The van der Waals surface area contributed by atoms with E-state index in [0.717, 1.165) is 25.6 Å². The predicted octanol–water partition coefficient (Wildman–Crippen LogP) is 4.58. The van der Waals surface area contributed by atoms with Gasteiger partial charge in [-0.15, -0.1) is 0 Å². The standard InChI is InChI=1S/C32H42N4.ClH/c33-32-35(30-23-15-16-24-31(30)36(32)27-28-19-11-9-12-20-28)26-18-8-6-4-2-1-3-5-7-17-25-34-29-21-13-10-14-22-29;/h9-16,19-24,33-34H,1-8,17-18,25-27H2;1H. The van der Waals surface area contributed by atoms with E-state index in [1.54, 1.807) is 0 Å². The van der Waals surface area contributed by atoms with Gasteiger partial charge < -0.3 is 17.7 Å². The third-order valence-electron chi connectivity index (χ3n) is 7.11. The molecule has 0 aliphatic carbocycles. The molecule has 4 rings (SSSR count). The summed E-state index contributed by atoms with van der Waals surface area (Å²) in [6.45, 7) is 2.88. The number of unbranched alkanes of at least 4 members (excludes halogenated alkanes) is 9. The molecule has 1 aromatic heterocycles. The fourth-order valence-corrected chi connectivity index (χ4v) is 5.08. The van der Waals surface area contributed by atoms with Crippen molar-refractivity contribution < 1.29 is 17.0 Å². The summed E-state index contributed by atoms with van der Waals surface area (Å²) in [5.41, 5.74) is 11.6. The van der Waals surface area contributed by atoms with Crippen LogP contribution in [-0.4, -0.2) is 11.1 Å². The van der Waals surface area contributed by atoms with E-state index >= 15 is 0 Å². The maximum Gasteiger partial charge on any atom is 0.356 e. The van der Waals surface area contributed by atoms with Crippen LogP contribution >= 0.6 is 0 Å². The molecule has 0 atom stereocenters. The molecule has 198 valence electrons. The van der Waals surface area contributed by atoms with Gasteiger partial charge in [0.2, 0.25) is 0 Å². The molecule has 3 N–H and O–H groups in total. The molecular formula is C32H43ClN4. The number of hydrogen-bond acceptors (Lipinski definition) is 2. The van der Waals surface area contributed by atoms with Crippen LogP contribution in [0.3, 0.4) is 0 Å². The van der Waals surface area contributed by atoms with Crippen molar-refractivity contribution in [1.82, 2.24) is 4.57 Å². The molecule has 5 heteroatoms. The van der Waals surface area contributed by atoms with E-state index in [1.165, 1.54) is 86.5 Å². The second-order valence-electron chi connectivity index (χ2n) is 9.90. The van der Waals surface area contributed by atoms with Gasteiger partial charge in [0.15, 0.2) is 0 Å². The lowest BCUT2D eigenvalue weighted by atomic mass is 10.1. The minimum absolute atomic E-state index is 0.